The van der Waals surface area contributed by atoms with Gasteiger partial charge >= 0.3 is 5.97 Å². The number of carbonyl (C=O) groups is 1. The molecule has 19 heavy (non-hydrogen) atoms. The molecule has 0 atom stereocenters. The van der Waals surface area contributed by atoms with Crippen molar-refractivity contribution in [3.8, 4) is 0 Å². The quantitative estimate of drug-likeness (QED) is 0.936. The molecular formula is C11H10FN3O2S2. The SMILES string of the molecule is CN(C)c1nnc(Sc2ccc(C(=O)O)cc2F)s1. The largest absolute Gasteiger partial charge is 0.478 e. The van der Waals surface area contributed by atoms with Crippen molar-refractivity contribution in [2.45, 2.75) is 9.24 Å². The molecule has 1 aromatic heterocycles. The van der Waals surface area contributed by atoms with E-state index < -0.39 is 11.8 Å². The molecule has 2 aromatic rings. The molecule has 1 aromatic carbocycles. The lowest BCUT2D eigenvalue weighted by molar-refractivity contribution is 0.0696. The summed E-state index contributed by atoms with van der Waals surface area (Å²) in [5, 5.41) is 17.4. The number of nitrogens with zero attached hydrogens (tertiary/aromatic N) is 3. The van der Waals surface area contributed by atoms with E-state index in [1.54, 1.807) is 0 Å². The summed E-state index contributed by atoms with van der Waals surface area (Å²) < 4.78 is 14.3. The Hall–Kier alpha value is -1.67. The fourth-order valence-corrected chi connectivity index (χ4v) is 2.96. The van der Waals surface area contributed by atoms with Crippen molar-refractivity contribution in [3.63, 3.8) is 0 Å². The van der Waals surface area contributed by atoms with Gasteiger partial charge in [-0.25, -0.2) is 9.18 Å². The maximum absolute atomic E-state index is 13.7. The third kappa shape index (κ3) is 3.21. The zero-order valence-electron chi connectivity index (χ0n) is 10.1. The Morgan fingerprint density at radius 3 is 2.68 bits per heavy atom. The third-order valence-electron chi connectivity index (χ3n) is 2.15. The van der Waals surface area contributed by atoms with Gasteiger partial charge in [0.15, 0.2) is 4.34 Å². The second kappa shape index (κ2) is 5.54. The lowest BCUT2D eigenvalue weighted by Gasteiger charge is -2.04. The van der Waals surface area contributed by atoms with Gasteiger partial charge in [0.2, 0.25) is 5.13 Å². The van der Waals surface area contributed by atoms with Crippen molar-refractivity contribution >= 4 is 34.2 Å². The highest BCUT2D eigenvalue weighted by atomic mass is 32.2. The van der Waals surface area contributed by atoms with Gasteiger partial charge in [0.1, 0.15) is 5.82 Å². The minimum absolute atomic E-state index is 0.0758. The van der Waals surface area contributed by atoms with Crippen LogP contribution < -0.4 is 4.90 Å². The first-order chi connectivity index (χ1) is 8.97. The summed E-state index contributed by atoms with van der Waals surface area (Å²) in [6.45, 7) is 0. The molecule has 8 heteroatoms. The summed E-state index contributed by atoms with van der Waals surface area (Å²) >= 11 is 2.46. The van der Waals surface area contributed by atoms with Crippen LogP contribution in [0.3, 0.4) is 0 Å². The molecule has 0 saturated heterocycles. The van der Waals surface area contributed by atoms with Crippen LogP contribution in [-0.4, -0.2) is 35.4 Å². The standard InChI is InChI=1S/C11H10FN3O2S2/c1-15(2)10-13-14-11(19-10)18-8-4-3-6(9(16)17)5-7(8)12/h3-5H,1-2H3,(H,16,17). The average molecular weight is 299 g/mol. The number of rotatable bonds is 4. The smallest absolute Gasteiger partial charge is 0.335 e. The van der Waals surface area contributed by atoms with Gasteiger partial charge in [0, 0.05) is 14.1 Å². The normalized spacial score (nSPS) is 10.5. The Labute approximate surface area is 117 Å². The lowest BCUT2D eigenvalue weighted by atomic mass is 10.2. The Kier molecular flexibility index (Phi) is 4.01. The highest BCUT2D eigenvalue weighted by molar-refractivity contribution is 8.01. The summed E-state index contributed by atoms with van der Waals surface area (Å²) in [5.41, 5.74) is -0.0758. The van der Waals surface area contributed by atoms with E-state index in [-0.39, 0.29) is 5.56 Å². The molecule has 100 valence electrons. The summed E-state index contributed by atoms with van der Waals surface area (Å²) in [5.74, 6) is -1.73. The van der Waals surface area contributed by atoms with Gasteiger partial charge in [-0.1, -0.05) is 23.1 Å². The molecule has 0 bridgehead atoms. The highest BCUT2D eigenvalue weighted by Crippen LogP contribution is 2.34. The number of anilines is 1. The molecule has 0 aliphatic carbocycles. The fraction of sp³-hybridized carbons (Fsp3) is 0.182. The van der Waals surface area contributed by atoms with Crippen molar-refractivity contribution in [2.24, 2.45) is 0 Å². The molecule has 0 spiro atoms. The van der Waals surface area contributed by atoms with E-state index in [1.165, 1.54) is 23.5 Å². The summed E-state index contributed by atoms with van der Waals surface area (Å²) in [4.78, 5) is 12.8. The van der Waals surface area contributed by atoms with E-state index in [1.807, 2.05) is 19.0 Å². The molecule has 5 nitrogen and oxygen atoms in total. The van der Waals surface area contributed by atoms with E-state index in [2.05, 4.69) is 10.2 Å². The number of aromatic nitrogens is 2. The zero-order valence-corrected chi connectivity index (χ0v) is 11.8. The minimum Gasteiger partial charge on any atom is -0.478 e. The molecule has 1 N–H and O–H groups in total. The maximum Gasteiger partial charge on any atom is 0.335 e. The first-order valence-corrected chi connectivity index (χ1v) is 6.82. The number of hydrogen-bond acceptors (Lipinski definition) is 6. The van der Waals surface area contributed by atoms with Gasteiger partial charge in [-0.05, 0) is 18.2 Å². The van der Waals surface area contributed by atoms with Crippen LogP contribution in [0, 0.1) is 5.82 Å². The second-order valence-electron chi connectivity index (χ2n) is 3.80. The van der Waals surface area contributed by atoms with Gasteiger partial charge in [-0.2, -0.15) is 0 Å². The van der Waals surface area contributed by atoms with Crippen LogP contribution in [0.25, 0.3) is 0 Å². The lowest BCUT2D eigenvalue weighted by Crippen LogP contribution is -2.07. The first-order valence-electron chi connectivity index (χ1n) is 5.19. The monoisotopic (exact) mass is 299 g/mol. The van der Waals surface area contributed by atoms with E-state index >= 15 is 0 Å². The highest BCUT2D eigenvalue weighted by Gasteiger charge is 2.12. The van der Waals surface area contributed by atoms with Crippen molar-refractivity contribution in [1.82, 2.24) is 10.2 Å². The van der Waals surface area contributed by atoms with E-state index in [4.69, 9.17) is 5.11 Å². The number of benzene rings is 1. The molecule has 0 aliphatic heterocycles. The van der Waals surface area contributed by atoms with Crippen molar-refractivity contribution < 1.29 is 14.3 Å². The van der Waals surface area contributed by atoms with Crippen molar-refractivity contribution in [2.75, 3.05) is 19.0 Å². The predicted molar refractivity (Wildman–Crippen MR) is 71.7 cm³/mol. The second-order valence-corrected chi connectivity index (χ2v) is 6.04. The molecule has 0 saturated carbocycles. The van der Waals surface area contributed by atoms with Crippen LogP contribution in [0.2, 0.25) is 0 Å². The van der Waals surface area contributed by atoms with E-state index in [9.17, 15) is 9.18 Å². The number of carboxylic acids is 1. The number of hydrogen-bond donors (Lipinski definition) is 1. The predicted octanol–water partition coefficient (Wildman–Crippen LogP) is 2.59. The number of halogens is 1. The summed E-state index contributed by atoms with van der Waals surface area (Å²) in [7, 11) is 3.69. The molecule has 0 fully saturated rings. The Morgan fingerprint density at radius 2 is 2.16 bits per heavy atom. The Morgan fingerprint density at radius 1 is 1.42 bits per heavy atom. The molecular weight excluding hydrogens is 289 g/mol. The van der Waals surface area contributed by atoms with Gasteiger partial charge in [0.05, 0.1) is 10.5 Å². The molecule has 0 unspecified atom stereocenters. The Balaban J connectivity index is 2.20. The molecule has 1 heterocycles. The van der Waals surface area contributed by atoms with E-state index in [0.29, 0.717) is 9.24 Å². The van der Waals surface area contributed by atoms with Gasteiger partial charge in [-0.15, -0.1) is 10.2 Å². The van der Waals surface area contributed by atoms with Crippen molar-refractivity contribution in [1.29, 1.82) is 0 Å². The van der Waals surface area contributed by atoms with Gasteiger partial charge < -0.3 is 10.0 Å². The minimum atomic E-state index is -1.15. The van der Waals surface area contributed by atoms with E-state index in [0.717, 1.165) is 23.0 Å². The van der Waals surface area contributed by atoms with Gasteiger partial charge in [0.25, 0.3) is 0 Å². The molecule has 2 rings (SSSR count). The maximum atomic E-state index is 13.7. The van der Waals surface area contributed by atoms with Crippen LogP contribution in [0.5, 0.6) is 0 Å². The first kappa shape index (κ1) is 13.8. The summed E-state index contributed by atoms with van der Waals surface area (Å²) in [6.07, 6.45) is 0. The molecule has 0 amide bonds. The van der Waals surface area contributed by atoms with Crippen LogP contribution in [-0.2, 0) is 0 Å². The third-order valence-corrected chi connectivity index (χ3v) is 4.35. The summed E-state index contributed by atoms with van der Waals surface area (Å²) in [6, 6.07) is 3.79. The van der Waals surface area contributed by atoms with Crippen LogP contribution >= 0.6 is 23.1 Å². The topological polar surface area (TPSA) is 66.3 Å². The van der Waals surface area contributed by atoms with Crippen molar-refractivity contribution in [3.05, 3.63) is 29.6 Å². The number of carboxylic acid groups (broad SMARTS) is 1. The van der Waals surface area contributed by atoms with Crippen LogP contribution in [0.1, 0.15) is 10.4 Å². The number of aromatic carboxylic acids is 1. The zero-order chi connectivity index (χ0) is 14.0. The van der Waals surface area contributed by atoms with Gasteiger partial charge in [-0.3, -0.25) is 0 Å². The molecule has 0 aliphatic rings. The Bertz CT molecular complexity index is 616. The fourth-order valence-electron chi connectivity index (χ4n) is 1.24. The van der Waals surface area contributed by atoms with Crippen LogP contribution in [0.4, 0.5) is 9.52 Å². The van der Waals surface area contributed by atoms with Crippen LogP contribution in [0.15, 0.2) is 27.4 Å². The average Bonchev–Trinajstić information content (AvgIpc) is 2.80. The molecule has 0 radical (unpaired) electrons.